The molecule has 0 saturated carbocycles. The summed E-state index contributed by atoms with van der Waals surface area (Å²) in [5.41, 5.74) is 0.505. The van der Waals surface area contributed by atoms with E-state index in [4.69, 9.17) is 9.68 Å². The van der Waals surface area contributed by atoms with Crippen LogP contribution < -0.4 is 5.32 Å². The van der Waals surface area contributed by atoms with Gasteiger partial charge in [0.15, 0.2) is 0 Å². The number of nitrogens with one attached hydrogen (secondary N) is 1. The zero-order valence-electron chi connectivity index (χ0n) is 11.0. The summed E-state index contributed by atoms with van der Waals surface area (Å²) in [4.78, 5) is 14.5. The molecule has 0 saturated heterocycles. The van der Waals surface area contributed by atoms with Crippen LogP contribution in [0.25, 0.3) is 0 Å². The predicted molar refractivity (Wildman–Crippen MR) is 71.1 cm³/mol. The molecule has 7 nitrogen and oxygen atoms in total. The van der Waals surface area contributed by atoms with Crippen molar-refractivity contribution in [3.05, 3.63) is 51.7 Å². The number of hydrogen-bond donors (Lipinski definition) is 1. The summed E-state index contributed by atoms with van der Waals surface area (Å²) in [6.45, 7) is 3.54. The molecule has 1 aromatic heterocycles. The fraction of sp³-hybridized carbons (Fsp3) is 0.231. The topological polar surface area (TPSA) is 105 Å². The van der Waals surface area contributed by atoms with E-state index in [1.165, 1.54) is 18.2 Å². The van der Waals surface area contributed by atoms with Crippen molar-refractivity contribution in [3.63, 3.8) is 0 Å². The molecule has 2 rings (SSSR count). The highest BCUT2D eigenvalue weighted by molar-refractivity contribution is 5.64. The molecule has 1 heterocycles. The third-order valence-corrected chi connectivity index (χ3v) is 2.70. The average Bonchev–Trinajstić information content (AvgIpc) is 2.85. The lowest BCUT2D eigenvalue weighted by Crippen LogP contribution is -2.09. The Morgan fingerprint density at radius 2 is 2.30 bits per heavy atom. The van der Waals surface area contributed by atoms with Crippen molar-refractivity contribution in [1.29, 1.82) is 5.26 Å². The van der Waals surface area contributed by atoms with Crippen molar-refractivity contribution in [2.24, 2.45) is 0 Å². The Morgan fingerprint density at radius 3 is 2.85 bits per heavy atom. The van der Waals surface area contributed by atoms with Crippen LogP contribution in [0.15, 0.2) is 28.8 Å². The fourth-order valence-electron chi connectivity index (χ4n) is 1.75. The smallest absolute Gasteiger partial charge is 0.292 e. The van der Waals surface area contributed by atoms with Crippen LogP contribution in [0.5, 0.6) is 0 Å². The van der Waals surface area contributed by atoms with E-state index in [1.54, 1.807) is 20.0 Å². The quantitative estimate of drug-likeness (QED) is 0.677. The molecule has 1 aromatic carbocycles. The van der Waals surface area contributed by atoms with Gasteiger partial charge in [-0.15, -0.1) is 0 Å². The van der Waals surface area contributed by atoms with E-state index in [2.05, 4.69) is 10.3 Å². The van der Waals surface area contributed by atoms with Gasteiger partial charge in [-0.1, -0.05) is 0 Å². The number of aromatic nitrogens is 1. The molecule has 2 aromatic rings. The lowest BCUT2D eigenvalue weighted by molar-refractivity contribution is -0.384. The molecule has 0 aliphatic rings. The molecule has 0 aliphatic carbocycles. The number of rotatable bonds is 4. The maximum absolute atomic E-state index is 11.0. The monoisotopic (exact) mass is 272 g/mol. The Morgan fingerprint density at radius 1 is 1.55 bits per heavy atom. The average molecular weight is 272 g/mol. The molecule has 0 bridgehead atoms. The van der Waals surface area contributed by atoms with Crippen molar-refractivity contribution in [2.45, 2.75) is 19.9 Å². The van der Waals surface area contributed by atoms with Crippen molar-refractivity contribution in [3.8, 4) is 6.07 Å². The largest absolute Gasteiger partial charge is 0.444 e. The Hall–Kier alpha value is -2.88. The lowest BCUT2D eigenvalue weighted by atomic mass is 10.1. The van der Waals surface area contributed by atoms with Crippen LogP contribution in [0.3, 0.4) is 0 Å². The molecular formula is C13H12N4O3. The summed E-state index contributed by atoms with van der Waals surface area (Å²) in [6, 6.07) is 5.74. The number of hydrogen-bond acceptors (Lipinski definition) is 6. The SMILES string of the molecule is Cc1cnc(C(C)Nc2cc(C#N)ccc2[N+](=O)[O-])o1. The van der Waals surface area contributed by atoms with E-state index in [-0.39, 0.29) is 17.4 Å². The highest BCUT2D eigenvalue weighted by Crippen LogP contribution is 2.28. The van der Waals surface area contributed by atoms with Crippen LogP contribution in [0.2, 0.25) is 0 Å². The maximum atomic E-state index is 11.0. The summed E-state index contributed by atoms with van der Waals surface area (Å²) in [7, 11) is 0. The van der Waals surface area contributed by atoms with Crippen molar-refractivity contribution in [1.82, 2.24) is 4.98 Å². The number of nitriles is 1. The molecule has 0 spiro atoms. The van der Waals surface area contributed by atoms with Crippen LogP contribution in [-0.2, 0) is 0 Å². The molecule has 0 radical (unpaired) electrons. The molecule has 20 heavy (non-hydrogen) atoms. The molecule has 1 N–H and O–H groups in total. The highest BCUT2D eigenvalue weighted by Gasteiger charge is 2.18. The van der Waals surface area contributed by atoms with Gasteiger partial charge in [-0.05, 0) is 26.0 Å². The summed E-state index contributed by atoms with van der Waals surface area (Å²) in [6.07, 6.45) is 1.58. The molecule has 7 heteroatoms. The second-order valence-corrected chi connectivity index (χ2v) is 4.28. The van der Waals surface area contributed by atoms with Gasteiger partial charge in [-0.3, -0.25) is 10.1 Å². The van der Waals surface area contributed by atoms with E-state index in [9.17, 15) is 10.1 Å². The minimum Gasteiger partial charge on any atom is -0.444 e. The first-order chi connectivity index (χ1) is 9.51. The number of nitro groups is 1. The van der Waals surface area contributed by atoms with E-state index < -0.39 is 4.92 Å². The third kappa shape index (κ3) is 2.75. The first kappa shape index (κ1) is 13.5. The first-order valence-corrected chi connectivity index (χ1v) is 5.88. The van der Waals surface area contributed by atoms with Gasteiger partial charge < -0.3 is 9.73 Å². The van der Waals surface area contributed by atoms with E-state index >= 15 is 0 Å². The second-order valence-electron chi connectivity index (χ2n) is 4.28. The van der Waals surface area contributed by atoms with Crippen molar-refractivity contribution >= 4 is 11.4 Å². The number of nitrogens with zero attached hydrogens (tertiary/aromatic N) is 3. The molecular weight excluding hydrogens is 260 g/mol. The summed E-state index contributed by atoms with van der Waals surface area (Å²) in [5.74, 6) is 1.09. The van der Waals surface area contributed by atoms with Gasteiger partial charge >= 0.3 is 0 Å². The third-order valence-electron chi connectivity index (χ3n) is 2.70. The minimum atomic E-state index is -0.503. The number of anilines is 1. The zero-order valence-corrected chi connectivity index (χ0v) is 11.0. The molecule has 0 fully saturated rings. The summed E-state index contributed by atoms with van der Waals surface area (Å²) >= 11 is 0. The Kier molecular flexibility index (Phi) is 3.66. The standard InChI is InChI=1S/C13H12N4O3/c1-8-7-15-13(20-8)9(2)16-11-5-10(6-14)3-4-12(11)17(18)19/h3-5,7,9,16H,1-2H3. The molecule has 1 unspecified atom stereocenters. The van der Waals surface area contributed by atoms with Gasteiger partial charge in [0.2, 0.25) is 5.89 Å². The lowest BCUT2D eigenvalue weighted by Gasteiger charge is -2.12. The predicted octanol–water partition coefficient (Wildman–Crippen LogP) is 2.94. The van der Waals surface area contributed by atoms with Crippen LogP contribution >= 0.6 is 0 Å². The summed E-state index contributed by atoms with van der Waals surface area (Å²) in [5, 5.41) is 22.8. The molecule has 0 amide bonds. The van der Waals surface area contributed by atoms with Gasteiger partial charge in [0.1, 0.15) is 17.5 Å². The van der Waals surface area contributed by atoms with E-state index in [1.807, 2.05) is 6.07 Å². The van der Waals surface area contributed by atoms with Crippen LogP contribution in [-0.4, -0.2) is 9.91 Å². The van der Waals surface area contributed by atoms with Gasteiger partial charge in [-0.25, -0.2) is 4.98 Å². The van der Waals surface area contributed by atoms with Crippen LogP contribution in [0, 0.1) is 28.4 Å². The highest BCUT2D eigenvalue weighted by atomic mass is 16.6. The van der Waals surface area contributed by atoms with Crippen molar-refractivity contribution in [2.75, 3.05) is 5.32 Å². The minimum absolute atomic E-state index is 0.0980. The first-order valence-electron chi connectivity index (χ1n) is 5.88. The van der Waals surface area contributed by atoms with Crippen molar-refractivity contribution < 1.29 is 9.34 Å². The van der Waals surface area contributed by atoms with Gasteiger partial charge in [0.05, 0.1) is 22.8 Å². The van der Waals surface area contributed by atoms with Gasteiger partial charge in [0.25, 0.3) is 5.69 Å². The van der Waals surface area contributed by atoms with Gasteiger partial charge in [0, 0.05) is 6.07 Å². The van der Waals surface area contributed by atoms with E-state index in [0.717, 1.165) is 0 Å². The number of oxazole rings is 1. The normalized spacial score (nSPS) is 11.7. The zero-order chi connectivity index (χ0) is 14.7. The Balaban J connectivity index is 2.32. The maximum Gasteiger partial charge on any atom is 0.292 e. The fourth-order valence-corrected chi connectivity index (χ4v) is 1.75. The van der Waals surface area contributed by atoms with Gasteiger partial charge in [-0.2, -0.15) is 5.26 Å². The molecule has 1 atom stereocenters. The summed E-state index contributed by atoms with van der Waals surface area (Å²) < 4.78 is 5.37. The number of benzene rings is 1. The molecule has 102 valence electrons. The van der Waals surface area contributed by atoms with E-state index in [0.29, 0.717) is 17.2 Å². The van der Waals surface area contributed by atoms with Crippen LogP contribution in [0.4, 0.5) is 11.4 Å². The Labute approximate surface area is 115 Å². The Bertz CT molecular complexity index is 687. The number of aryl methyl sites for hydroxylation is 1. The second kappa shape index (κ2) is 5.40. The van der Waals surface area contributed by atoms with Crippen LogP contribution in [0.1, 0.15) is 30.2 Å². The molecule has 0 aliphatic heterocycles. The number of nitro benzene ring substituents is 1.